The van der Waals surface area contributed by atoms with Crippen molar-refractivity contribution in [2.75, 3.05) is 0 Å². The van der Waals surface area contributed by atoms with Crippen LogP contribution in [0.25, 0.3) is 11.4 Å². The van der Waals surface area contributed by atoms with Crippen LogP contribution in [0.4, 0.5) is 0 Å². The number of carbonyl (C=O) groups is 1. The van der Waals surface area contributed by atoms with E-state index >= 15 is 0 Å². The summed E-state index contributed by atoms with van der Waals surface area (Å²) in [4.78, 5) is 24.1. The average Bonchev–Trinajstić information content (AvgIpc) is 2.97. The summed E-state index contributed by atoms with van der Waals surface area (Å²) in [5.74, 6) is -0.603. The molecule has 3 rings (SSSR count). The van der Waals surface area contributed by atoms with Crippen molar-refractivity contribution in [3.05, 3.63) is 76.8 Å². The molecule has 0 unspecified atom stereocenters. The molecule has 0 aliphatic rings. The first-order chi connectivity index (χ1) is 11.6. The van der Waals surface area contributed by atoms with Crippen LogP contribution in [0.15, 0.2) is 70.0 Å². The van der Waals surface area contributed by atoms with Crippen LogP contribution in [-0.4, -0.2) is 15.6 Å². The van der Waals surface area contributed by atoms with Crippen molar-refractivity contribution in [3.63, 3.8) is 0 Å². The zero-order valence-corrected chi connectivity index (χ0v) is 13.2. The molecule has 3 aromatic rings. The Morgan fingerprint density at radius 1 is 1.12 bits per heavy atom. The van der Waals surface area contributed by atoms with Gasteiger partial charge in [-0.2, -0.15) is 0 Å². The average molecular weight is 323 g/mol. The number of hydrogen-bond acceptors (Lipinski definition) is 4. The minimum Gasteiger partial charge on any atom is -0.348 e. The van der Waals surface area contributed by atoms with E-state index < -0.39 is 5.76 Å². The summed E-state index contributed by atoms with van der Waals surface area (Å²) in [5.41, 5.74) is 1.71. The molecular formula is C18H17N3O3. The second kappa shape index (κ2) is 6.95. The Bertz CT molecular complexity index is 869. The van der Waals surface area contributed by atoms with E-state index in [2.05, 4.69) is 10.5 Å². The fourth-order valence-corrected chi connectivity index (χ4v) is 2.46. The molecule has 0 radical (unpaired) electrons. The van der Waals surface area contributed by atoms with E-state index in [-0.39, 0.29) is 18.5 Å². The summed E-state index contributed by atoms with van der Waals surface area (Å²) < 4.78 is 5.94. The lowest BCUT2D eigenvalue weighted by Gasteiger charge is -2.14. The Kier molecular flexibility index (Phi) is 4.56. The molecule has 0 fully saturated rings. The van der Waals surface area contributed by atoms with Gasteiger partial charge in [0.2, 0.25) is 5.91 Å². The first-order valence-electron chi connectivity index (χ1n) is 7.61. The van der Waals surface area contributed by atoms with Crippen molar-refractivity contribution in [1.82, 2.24) is 15.0 Å². The molecule has 6 heteroatoms. The zero-order valence-electron chi connectivity index (χ0n) is 13.2. The first kappa shape index (κ1) is 15.7. The molecule has 1 heterocycles. The predicted molar refractivity (Wildman–Crippen MR) is 89.2 cm³/mol. The predicted octanol–water partition coefficient (Wildman–Crippen LogP) is 2.38. The van der Waals surface area contributed by atoms with Crippen molar-refractivity contribution in [2.24, 2.45) is 0 Å². The van der Waals surface area contributed by atoms with Crippen LogP contribution < -0.4 is 11.1 Å². The van der Waals surface area contributed by atoms with E-state index in [1.54, 1.807) is 12.1 Å². The Labute approximate surface area is 138 Å². The maximum atomic E-state index is 12.3. The highest BCUT2D eigenvalue weighted by Crippen LogP contribution is 2.15. The van der Waals surface area contributed by atoms with Gasteiger partial charge in [0, 0.05) is 5.56 Å². The number of aromatic nitrogens is 2. The molecule has 122 valence electrons. The van der Waals surface area contributed by atoms with Gasteiger partial charge in [-0.3, -0.25) is 9.32 Å². The molecule has 0 aliphatic heterocycles. The lowest BCUT2D eigenvalue weighted by atomic mass is 10.1. The van der Waals surface area contributed by atoms with Gasteiger partial charge >= 0.3 is 5.76 Å². The highest BCUT2D eigenvalue weighted by molar-refractivity contribution is 5.76. The van der Waals surface area contributed by atoms with Crippen molar-refractivity contribution in [1.29, 1.82) is 0 Å². The van der Waals surface area contributed by atoms with Gasteiger partial charge < -0.3 is 5.32 Å². The zero-order chi connectivity index (χ0) is 16.9. The number of carbonyl (C=O) groups excluding carboxylic acids is 1. The van der Waals surface area contributed by atoms with Crippen molar-refractivity contribution in [3.8, 4) is 11.4 Å². The third kappa shape index (κ3) is 3.43. The minimum absolute atomic E-state index is 0.149. The van der Waals surface area contributed by atoms with E-state index in [4.69, 9.17) is 4.52 Å². The molecular weight excluding hydrogens is 306 g/mol. The molecule has 1 N–H and O–H groups in total. The smallest absolute Gasteiger partial charge is 0.348 e. The van der Waals surface area contributed by atoms with Crippen molar-refractivity contribution < 1.29 is 9.32 Å². The highest BCUT2D eigenvalue weighted by atomic mass is 16.5. The number of hydrogen-bond donors (Lipinski definition) is 1. The third-order valence-corrected chi connectivity index (χ3v) is 3.70. The monoisotopic (exact) mass is 323 g/mol. The van der Waals surface area contributed by atoms with E-state index in [0.717, 1.165) is 5.56 Å². The van der Waals surface area contributed by atoms with Gasteiger partial charge in [-0.15, -0.1) is 0 Å². The van der Waals surface area contributed by atoms with Crippen LogP contribution in [0.3, 0.4) is 0 Å². The Balaban J connectivity index is 1.76. The number of nitrogens with one attached hydrogen (secondary N) is 1. The fraction of sp³-hybridized carbons (Fsp3) is 0.167. The van der Waals surface area contributed by atoms with E-state index in [1.807, 2.05) is 55.5 Å². The molecule has 0 spiro atoms. The third-order valence-electron chi connectivity index (χ3n) is 3.70. The molecule has 0 bridgehead atoms. The van der Waals surface area contributed by atoms with Crippen LogP contribution in [0.2, 0.25) is 0 Å². The molecule has 0 aliphatic carbocycles. The number of rotatable bonds is 5. The van der Waals surface area contributed by atoms with Crippen LogP contribution >= 0.6 is 0 Å². The number of nitrogens with zero attached hydrogens (tertiary/aromatic N) is 2. The van der Waals surface area contributed by atoms with E-state index in [1.165, 1.54) is 4.57 Å². The normalized spacial score (nSPS) is 11.9. The quantitative estimate of drug-likeness (QED) is 0.782. The Hall–Kier alpha value is -3.15. The molecule has 0 saturated carbocycles. The molecule has 1 aromatic heterocycles. The van der Waals surface area contributed by atoms with Crippen LogP contribution in [-0.2, 0) is 11.3 Å². The summed E-state index contributed by atoms with van der Waals surface area (Å²) in [7, 11) is 0. The van der Waals surface area contributed by atoms with Gasteiger partial charge in [0.05, 0.1) is 6.04 Å². The maximum Gasteiger partial charge on any atom is 0.442 e. The topological polar surface area (TPSA) is 77.1 Å². The maximum absolute atomic E-state index is 12.3. The second-order valence-corrected chi connectivity index (χ2v) is 5.42. The largest absolute Gasteiger partial charge is 0.442 e. The molecule has 6 nitrogen and oxygen atoms in total. The van der Waals surface area contributed by atoms with Crippen molar-refractivity contribution in [2.45, 2.75) is 19.5 Å². The lowest BCUT2D eigenvalue weighted by Crippen LogP contribution is -2.33. The summed E-state index contributed by atoms with van der Waals surface area (Å²) in [6.45, 7) is 1.74. The number of amides is 1. The van der Waals surface area contributed by atoms with Gasteiger partial charge in [-0.25, -0.2) is 9.36 Å². The van der Waals surface area contributed by atoms with Crippen LogP contribution in [0.5, 0.6) is 0 Å². The van der Waals surface area contributed by atoms with Gasteiger partial charge in [0.25, 0.3) is 0 Å². The Morgan fingerprint density at radius 2 is 1.75 bits per heavy atom. The highest BCUT2D eigenvalue weighted by Gasteiger charge is 2.17. The molecule has 0 saturated heterocycles. The molecule has 1 amide bonds. The SMILES string of the molecule is C[C@H](NC(=O)Cn1c(-c2ccccc2)noc1=O)c1ccccc1. The van der Waals surface area contributed by atoms with Crippen LogP contribution in [0.1, 0.15) is 18.5 Å². The van der Waals surface area contributed by atoms with Gasteiger partial charge in [0.15, 0.2) is 5.82 Å². The minimum atomic E-state index is -0.656. The van der Waals surface area contributed by atoms with Gasteiger partial charge in [-0.1, -0.05) is 65.8 Å². The lowest BCUT2D eigenvalue weighted by molar-refractivity contribution is -0.122. The molecule has 2 aromatic carbocycles. The summed E-state index contributed by atoms with van der Waals surface area (Å²) in [6, 6.07) is 18.6. The van der Waals surface area contributed by atoms with E-state index in [0.29, 0.717) is 11.4 Å². The fourth-order valence-electron chi connectivity index (χ4n) is 2.46. The standard InChI is InChI=1S/C18H17N3O3/c1-13(14-8-4-2-5-9-14)19-16(22)12-21-17(20-24-18(21)23)15-10-6-3-7-11-15/h2-11,13H,12H2,1H3,(H,19,22)/t13-/m0/s1. The van der Waals surface area contributed by atoms with Crippen LogP contribution in [0, 0.1) is 0 Å². The summed E-state index contributed by atoms with van der Waals surface area (Å²) in [5, 5.41) is 6.64. The van der Waals surface area contributed by atoms with Crippen molar-refractivity contribution >= 4 is 5.91 Å². The first-order valence-corrected chi connectivity index (χ1v) is 7.61. The van der Waals surface area contributed by atoms with Gasteiger partial charge in [0.1, 0.15) is 6.54 Å². The number of benzene rings is 2. The molecule has 1 atom stereocenters. The molecule has 24 heavy (non-hydrogen) atoms. The second-order valence-electron chi connectivity index (χ2n) is 5.42. The van der Waals surface area contributed by atoms with E-state index in [9.17, 15) is 9.59 Å². The Morgan fingerprint density at radius 3 is 2.42 bits per heavy atom. The summed E-state index contributed by atoms with van der Waals surface area (Å²) in [6.07, 6.45) is 0. The summed E-state index contributed by atoms with van der Waals surface area (Å²) >= 11 is 0. The van der Waals surface area contributed by atoms with Gasteiger partial charge in [-0.05, 0) is 12.5 Å².